The van der Waals surface area contributed by atoms with Gasteiger partial charge in [0, 0.05) is 30.9 Å². The second kappa shape index (κ2) is 9.26. The first-order valence-corrected chi connectivity index (χ1v) is 11.7. The van der Waals surface area contributed by atoms with Crippen molar-refractivity contribution in [2.45, 2.75) is 46.8 Å². The summed E-state index contributed by atoms with van der Waals surface area (Å²) in [5.41, 5.74) is 9.35. The van der Waals surface area contributed by atoms with Gasteiger partial charge in [-0.25, -0.2) is 0 Å². The van der Waals surface area contributed by atoms with E-state index in [0.717, 1.165) is 23.3 Å². The molecule has 0 N–H and O–H groups in total. The van der Waals surface area contributed by atoms with Crippen LogP contribution >= 0.6 is 0 Å². The fraction of sp³-hybridized carbons (Fsp3) is 0.276. The molecule has 0 aliphatic carbocycles. The number of aromatic nitrogens is 2. The van der Waals surface area contributed by atoms with E-state index in [1.807, 2.05) is 30.5 Å². The standard InChI is InChI=1S/C29H30N2O3/c1-19-10-11-20(2)24(14-19)16-31-22(4)21(3)28-29(31)25(12-13-30-28)34-26(27-17-32-18-33-27)15-23-8-6-5-7-9-23/h5-14,17,26H,15-16,18H2,1-4H3. The van der Waals surface area contributed by atoms with Crippen LogP contribution in [0.4, 0.5) is 0 Å². The Hall–Kier alpha value is -3.73. The molecule has 3 heterocycles. The monoisotopic (exact) mass is 454 g/mol. The number of benzene rings is 2. The number of nitrogens with zero attached hydrogens (tertiary/aromatic N) is 2. The summed E-state index contributed by atoms with van der Waals surface area (Å²) >= 11 is 0. The molecule has 5 rings (SSSR count). The molecule has 0 saturated heterocycles. The second-order valence-corrected chi connectivity index (χ2v) is 8.98. The lowest BCUT2D eigenvalue weighted by atomic mass is 10.1. The molecule has 0 radical (unpaired) electrons. The predicted octanol–water partition coefficient (Wildman–Crippen LogP) is 6.15. The summed E-state index contributed by atoms with van der Waals surface area (Å²) in [6.07, 6.45) is 3.86. The maximum Gasteiger partial charge on any atom is 0.230 e. The highest BCUT2D eigenvalue weighted by Gasteiger charge is 2.25. The molecule has 1 aliphatic rings. The highest BCUT2D eigenvalue weighted by atomic mass is 16.7. The summed E-state index contributed by atoms with van der Waals surface area (Å²) in [5, 5.41) is 0. The van der Waals surface area contributed by atoms with E-state index in [9.17, 15) is 0 Å². The van der Waals surface area contributed by atoms with Gasteiger partial charge in [-0.15, -0.1) is 0 Å². The van der Waals surface area contributed by atoms with Crippen molar-refractivity contribution in [3.8, 4) is 5.75 Å². The Labute approximate surface area is 200 Å². The molecule has 4 aromatic rings. The van der Waals surface area contributed by atoms with Gasteiger partial charge in [-0.2, -0.15) is 0 Å². The van der Waals surface area contributed by atoms with Crippen LogP contribution in [0.15, 0.2) is 72.8 Å². The molecule has 0 bridgehead atoms. The molecule has 2 aromatic carbocycles. The summed E-state index contributed by atoms with van der Waals surface area (Å²) in [6, 6.07) is 18.9. The predicted molar refractivity (Wildman–Crippen MR) is 134 cm³/mol. The Kier molecular flexibility index (Phi) is 6.01. The van der Waals surface area contributed by atoms with Crippen molar-refractivity contribution in [1.29, 1.82) is 0 Å². The van der Waals surface area contributed by atoms with Crippen molar-refractivity contribution in [3.63, 3.8) is 0 Å². The van der Waals surface area contributed by atoms with Gasteiger partial charge in [-0.3, -0.25) is 4.98 Å². The minimum Gasteiger partial charge on any atom is -0.480 e. The van der Waals surface area contributed by atoms with Crippen molar-refractivity contribution >= 4 is 11.0 Å². The van der Waals surface area contributed by atoms with Crippen LogP contribution in [0.1, 0.15) is 33.5 Å². The van der Waals surface area contributed by atoms with Crippen LogP contribution in [0.5, 0.6) is 5.75 Å². The summed E-state index contributed by atoms with van der Waals surface area (Å²) in [5.74, 6) is 1.50. The highest BCUT2D eigenvalue weighted by molar-refractivity contribution is 5.86. The first-order chi connectivity index (χ1) is 16.5. The Bertz CT molecular complexity index is 1360. The summed E-state index contributed by atoms with van der Waals surface area (Å²) < 4.78 is 20.1. The quantitative estimate of drug-likeness (QED) is 0.336. The first-order valence-electron chi connectivity index (χ1n) is 11.7. The van der Waals surface area contributed by atoms with E-state index in [0.29, 0.717) is 12.2 Å². The molecule has 0 amide bonds. The van der Waals surface area contributed by atoms with Gasteiger partial charge in [0.1, 0.15) is 17.5 Å². The third-order valence-corrected chi connectivity index (χ3v) is 6.64. The molecule has 1 atom stereocenters. The molecule has 1 unspecified atom stereocenters. The van der Waals surface area contributed by atoms with Gasteiger partial charge in [0.05, 0.1) is 5.52 Å². The zero-order valence-electron chi connectivity index (χ0n) is 20.2. The zero-order valence-corrected chi connectivity index (χ0v) is 20.2. The fourth-order valence-electron chi connectivity index (χ4n) is 4.55. The van der Waals surface area contributed by atoms with Gasteiger partial charge in [0.2, 0.25) is 6.79 Å². The van der Waals surface area contributed by atoms with Crippen LogP contribution in [-0.4, -0.2) is 22.4 Å². The molecule has 2 aromatic heterocycles. The molecule has 174 valence electrons. The molecular weight excluding hydrogens is 424 g/mol. The van der Waals surface area contributed by atoms with Crippen LogP contribution in [0.3, 0.4) is 0 Å². The largest absolute Gasteiger partial charge is 0.480 e. The first kappa shape index (κ1) is 22.1. The molecule has 5 heteroatoms. The van der Waals surface area contributed by atoms with E-state index in [1.165, 1.54) is 33.5 Å². The molecule has 34 heavy (non-hydrogen) atoms. The number of aryl methyl sites for hydroxylation is 3. The van der Waals surface area contributed by atoms with Crippen LogP contribution in [0.2, 0.25) is 0 Å². The lowest BCUT2D eigenvalue weighted by Crippen LogP contribution is -2.23. The van der Waals surface area contributed by atoms with E-state index in [4.69, 9.17) is 19.2 Å². The van der Waals surface area contributed by atoms with E-state index in [1.54, 1.807) is 6.26 Å². The fourth-order valence-corrected chi connectivity index (χ4v) is 4.55. The molecule has 5 nitrogen and oxygen atoms in total. The minimum atomic E-state index is -0.305. The summed E-state index contributed by atoms with van der Waals surface area (Å²) in [6.45, 7) is 9.57. The Morgan fingerprint density at radius 1 is 1.03 bits per heavy atom. The molecule has 0 spiro atoms. The average molecular weight is 455 g/mol. The van der Waals surface area contributed by atoms with Crippen molar-refractivity contribution in [1.82, 2.24) is 9.55 Å². The van der Waals surface area contributed by atoms with Crippen molar-refractivity contribution in [2.75, 3.05) is 6.79 Å². The number of ether oxygens (including phenoxy) is 3. The summed E-state index contributed by atoms with van der Waals surface area (Å²) in [4.78, 5) is 4.72. The van der Waals surface area contributed by atoms with Gasteiger partial charge in [0.25, 0.3) is 0 Å². The van der Waals surface area contributed by atoms with Crippen LogP contribution in [-0.2, 0) is 22.4 Å². The lowest BCUT2D eigenvalue weighted by Gasteiger charge is -2.21. The van der Waals surface area contributed by atoms with Crippen LogP contribution in [0.25, 0.3) is 11.0 Å². The maximum atomic E-state index is 6.68. The lowest BCUT2D eigenvalue weighted by molar-refractivity contribution is 0.0559. The molecule has 1 aliphatic heterocycles. The Balaban J connectivity index is 1.57. The maximum absolute atomic E-state index is 6.68. The van der Waals surface area contributed by atoms with E-state index in [2.05, 4.69) is 62.6 Å². The van der Waals surface area contributed by atoms with Gasteiger partial charge in [-0.1, -0.05) is 54.1 Å². The number of rotatable bonds is 7. The molecule has 0 saturated carbocycles. The normalized spacial score (nSPS) is 13.9. The number of pyridine rings is 1. The third-order valence-electron chi connectivity index (χ3n) is 6.64. The van der Waals surface area contributed by atoms with Crippen molar-refractivity contribution in [3.05, 3.63) is 106 Å². The second-order valence-electron chi connectivity index (χ2n) is 8.98. The number of hydrogen-bond donors (Lipinski definition) is 0. The molecule has 0 fully saturated rings. The van der Waals surface area contributed by atoms with Gasteiger partial charge in [0.15, 0.2) is 11.9 Å². The molecular formula is C29H30N2O3. The number of hydrogen-bond acceptors (Lipinski definition) is 4. The van der Waals surface area contributed by atoms with Crippen molar-refractivity contribution < 1.29 is 14.2 Å². The van der Waals surface area contributed by atoms with Crippen LogP contribution in [0, 0.1) is 27.7 Å². The Morgan fingerprint density at radius 3 is 2.62 bits per heavy atom. The van der Waals surface area contributed by atoms with Crippen LogP contribution < -0.4 is 4.74 Å². The SMILES string of the molecule is Cc1ccc(C)c(Cn2c(C)c(C)c3nccc(OC(Cc4ccccc4)C4=COCO4)c32)c1. The zero-order chi connectivity index (χ0) is 23.7. The highest BCUT2D eigenvalue weighted by Crippen LogP contribution is 2.34. The van der Waals surface area contributed by atoms with Crippen molar-refractivity contribution in [2.24, 2.45) is 0 Å². The van der Waals surface area contributed by atoms with Gasteiger partial charge < -0.3 is 18.8 Å². The topological polar surface area (TPSA) is 45.5 Å². The van der Waals surface area contributed by atoms with E-state index in [-0.39, 0.29) is 12.9 Å². The minimum absolute atomic E-state index is 0.219. The third kappa shape index (κ3) is 4.26. The number of fused-ring (bicyclic) bond motifs is 1. The van der Waals surface area contributed by atoms with Gasteiger partial charge >= 0.3 is 0 Å². The van der Waals surface area contributed by atoms with E-state index < -0.39 is 0 Å². The Morgan fingerprint density at radius 2 is 1.85 bits per heavy atom. The van der Waals surface area contributed by atoms with E-state index >= 15 is 0 Å². The summed E-state index contributed by atoms with van der Waals surface area (Å²) in [7, 11) is 0. The average Bonchev–Trinajstić information content (AvgIpc) is 3.46. The van der Waals surface area contributed by atoms with Gasteiger partial charge in [-0.05, 0) is 49.9 Å². The smallest absolute Gasteiger partial charge is 0.230 e.